The predicted octanol–water partition coefficient (Wildman–Crippen LogP) is 4.78. The van der Waals surface area contributed by atoms with E-state index in [2.05, 4.69) is 15.3 Å². The minimum absolute atomic E-state index is 0.137. The minimum atomic E-state index is -0.329. The summed E-state index contributed by atoms with van der Waals surface area (Å²) in [6.45, 7) is 5.78. The molecular weight excluding hydrogens is 379 g/mol. The Morgan fingerprint density at radius 1 is 1.16 bits per heavy atom. The monoisotopic (exact) mass is 394 g/mol. The third-order valence-electron chi connectivity index (χ3n) is 3.32. The van der Waals surface area contributed by atoms with E-state index in [9.17, 15) is 4.79 Å². The summed E-state index contributed by atoms with van der Waals surface area (Å²) in [7, 11) is 0. The van der Waals surface area contributed by atoms with Crippen LogP contribution in [-0.2, 0) is 0 Å². The summed E-state index contributed by atoms with van der Waals surface area (Å²) < 4.78 is 0. The number of rotatable bonds is 2. The molecule has 1 aromatic carbocycles. The molecule has 0 radical (unpaired) electrons. The lowest BCUT2D eigenvalue weighted by Gasteiger charge is -2.19. The standard InChI is InChI=1S/C17H16Cl2N4OS/c1-17(2,3)23-14(24)12-7-9-13(21-16(20)22-15(9)25-12)8-4-5-10(18)11(19)6-8/h4-7H,1-3H3,(H,23,24)(H2,20,21,22). The number of thiophene rings is 1. The second kappa shape index (κ2) is 6.44. The Morgan fingerprint density at radius 3 is 2.52 bits per heavy atom. The lowest BCUT2D eigenvalue weighted by atomic mass is 10.1. The largest absolute Gasteiger partial charge is 0.368 e. The number of nitrogens with two attached hydrogens (primary N) is 1. The van der Waals surface area contributed by atoms with Crippen LogP contribution in [0.15, 0.2) is 24.3 Å². The summed E-state index contributed by atoms with van der Waals surface area (Å²) in [6, 6.07) is 7.00. The molecule has 0 aliphatic carbocycles. The molecule has 3 rings (SSSR count). The summed E-state index contributed by atoms with van der Waals surface area (Å²) in [5.74, 6) is -0.0210. The molecule has 0 aliphatic heterocycles. The van der Waals surface area contributed by atoms with Gasteiger partial charge >= 0.3 is 0 Å². The molecule has 25 heavy (non-hydrogen) atoms. The van der Waals surface area contributed by atoms with E-state index >= 15 is 0 Å². The van der Waals surface area contributed by atoms with Crippen molar-refractivity contribution in [3.63, 3.8) is 0 Å². The molecule has 0 aliphatic rings. The van der Waals surface area contributed by atoms with Crippen LogP contribution in [0.2, 0.25) is 10.0 Å². The molecule has 0 unspecified atom stereocenters. The lowest BCUT2D eigenvalue weighted by Crippen LogP contribution is -2.40. The molecule has 8 heteroatoms. The molecule has 0 atom stereocenters. The van der Waals surface area contributed by atoms with Gasteiger partial charge in [-0.25, -0.2) is 9.97 Å². The number of fused-ring (bicyclic) bond motifs is 1. The number of aromatic nitrogens is 2. The summed E-state index contributed by atoms with van der Waals surface area (Å²) in [5.41, 5.74) is 6.89. The van der Waals surface area contributed by atoms with Crippen LogP contribution in [0.4, 0.5) is 5.95 Å². The Morgan fingerprint density at radius 2 is 1.88 bits per heavy atom. The molecule has 0 bridgehead atoms. The van der Waals surface area contributed by atoms with Gasteiger partial charge in [-0.3, -0.25) is 4.79 Å². The topological polar surface area (TPSA) is 80.9 Å². The fourth-order valence-electron chi connectivity index (χ4n) is 2.32. The number of nitrogens with one attached hydrogen (secondary N) is 1. The molecule has 5 nitrogen and oxygen atoms in total. The average Bonchev–Trinajstić information content (AvgIpc) is 2.91. The third kappa shape index (κ3) is 3.86. The van der Waals surface area contributed by atoms with E-state index in [4.69, 9.17) is 28.9 Å². The van der Waals surface area contributed by atoms with E-state index in [-0.39, 0.29) is 17.4 Å². The van der Waals surface area contributed by atoms with E-state index in [1.807, 2.05) is 26.8 Å². The van der Waals surface area contributed by atoms with Crippen LogP contribution in [0.5, 0.6) is 0 Å². The fourth-order valence-corrected chi connectivity index (χ4v) is 3.55. The van der Waals surface area contributed by atoms with Crippen molar-refractivity contribution in [1.82, 2.24) is 15.3 Å². The SMILES string of the molecule is CC(C)(C)NC(=O)c1cc2c(-c3ccc(Cl)c(Cl)c3)nc(N)nc2s1. The van der Waals surface area contributed by atoms with E-state index in [1.54, 1.807) is 18.2 Å². The zero-order chi connectivity index (χ0) is 18.4. The van der Waals surface area contributed by atoms with Gasteiger partial charge in [0.2, 0.25) is 5.95 Å². The number of amides is 1. The second-order valence-corrected chi connectivity index (χ2v) is 8.44. The van der Waals surface area contributed by atoms with Crippen molar-refractivity contribution >= 4 is 56.6 Å². The van der Waals surface area contributed by atoms with Crippen LogP contribution < -0.4 is 11.1 Å². The minimum Gasteiger partial charge on any atom is -0.368 e. The summed E-state index contributed by atoms with van der Waals surface area (Å²) >= 11 is 13.4. The molecule has 2 aromatic heterocycles. The first-order chi connectivity index (χ1) is 11.6. The van der Waals surface area contributed by atoms with Crippen LogP contribution in [0.3, 0.4) is 0 Å². The predicted molar refractivity (Wildman–Crippen MR) is 105 cm³/mol. The highest BCUT2D eigenvalue weighted by Crippen LogP contribution is 2.35. The number of hydrogen-bond acceptors (Lipinski definition) is 5. The number of carbonyl (C=O) groups is 1. The molecule has 1 amide bonds. The molecular formula is C17H16Cl2N4OS. The highest BCUT2D eigenvalue weighted by Gasteiger charge is 2.20. The highest BCUT2D eigenvalue weighted by molar-refractivity contribution is 7.20. The molecule has 3 aromatic rings. The highest BCUT2D eigenvalue weighted by atomic mass is 35.5. The van der Waals surface area contributed by atoms with Gasteiger partial charge in [0.1, 0.15) is 4.83 Å². The summed E-state index contributed by atoms with van der Waals surface area (Å²) in [6.07, 6.45) is 0. The number of nitrogen functional groups attached to an aromatic ring is 1. The first kappa shape index (κ1) is 17.9. The normalized spacial score (nSPS) is 11.7. The number of anilines is 1. The zero-order valence-electron chi connectivity index (χ0n) is 13.9. The fraction of sp³-hybridized carbons (Fsp3) is 0.235. The molecule has 0 saturated heterocycles. The van der Waals surface area contributed by atoms with Gasteiger partial charge in [-0.15, -0.1) is 11.3 Å². The molecule has 3 N–H and O–H groups in total. The van der Waals surface area contributed by atoms with Gasteiger partial charge in [-0.05, 0) is 39.0 Å². The quantitative estimate of drug-likeness (QED) is 0.655. The van der Waals surface area contributed by atoms with E-state index in [0.717, 1.165) is 10.9 Å². The smallest absolute Gasteiger partial charge is 0.261 e. The second-order valence-electron chi connectivity index (χ2n) is 6.59. The number of carbonyl (C=O) groups excluding carboxylic acids is 1. The van der Waals surface area contributed by atoms with E-state index < -0.39 is 0 Å². The van der Waals surface area contributed by atoms with E-state index in [1.165, 1.54) is 11.3 Å². The molecule has 0 fully saturated rings. The number of hydrogen-bond donors (Lipinski definition) is 2. The van der Waals surface area contributed by atoms with Crippen LogP contribution in [-0.4, -0.2) is 21.4 Å². The average molecular weight is 395 g/mol. The van der Waals surface area contributed by atoms with Crippen molar-refractivity contribution in [2.75, 3.05) is 5.73 Å². The third-order valence-corrected chi connectivity index (χ3v) is 5.08. The van der Waals surface area contributed by atoms with Crippen LogP contribution in [0.1, 0.15) is 30.4 Å². The molecule has 130 valence electrons. The zero-order valence-corrected chi connectivity index (χ0v) is 16.2. The van der Waals surface area contributed by atoms with Crippen molar-refractivity contribution < 1.29 is 4.79 Å². The van der Waals surface area contributed by atoms with Crippen LogP contribution >= 0.6 is 34.5 Å². The van der Waals surface area contributed by atoms with Gasteiger partial charge < -0.3 is 11.1 Å². The number of benzene rings is 1. The Balaban J connectivity index is 2.13. The van der Waals surface area contributed by atoms with Crippen LogP contribution in [0.25, 0.3) is 21.5 Å². The maximum atomic E-state index is 12.4. The number of nitrogens with zero attached hydrogens (tertiary/aromatic N) is 2. The van der Waals surface area contributed by atoms with Crippen molar-refractivity contribution in [3.8, 4) is 11.3 Å². The number of halogens is 2. The first-order valence-corrected chi connectivity index (χ1v) is 9.06. The van der Waals surface area contributed by atoms with Crippen molar-refractivity contribution in [2.45, 2.75) is 26.3 Å². The van der Waals surface area contributed by atoms with Gasteiger partial charge in [-0.2, -0.15) is 0 Å². The Kier molecular flexibility index (Phi) is 4.62. The Labute approximate surface area is 159 Å². The summed E-state index contributed by atoms with van der Waals surface area (Å²) in [5, 5.41) is 4.57. The van der Waals surface area contributed by atoms with Gasteiger partial charge in [0.25, 0.3) is 5.91 Å². The van der Waals surface area contributed by atoms with E-state index in [0.29, 0.717) is 25.4 Å². The van der Waals surface area contributed by atoms with Crippen molar-refractivity contribution in [3.05, 3.63) is 39.2 Å². The van der Waals surface area contributed by atoms with Crippen molar-refractivity contribution in [2.24, 2.45) is 0 Å². The maximum absolute atomic E-state index is 12.4. The van der Waals surface area contributed by atoms with Gasteiger partial charge in [0, 0.05) is 16.5 Å². The Hall–Kier alpha value is -1.89. The van der Waals surface area contributed by atoms with Gasteiger partial charge in [0.15, 0.2) is 0 Å². The summed E-state index contributed by atoms with van der Waals surface area (Å²) in [4.78, 5) is 22.2. The Bertz CT molecular complexity index is 979. The molecule has 0 saturated carbocycles. The molecule has 2 heterocycles. The van der Waals surface area contributed by atoms with Crippen LogP contribution in [0, 0.1) is 0 Å². The van der Waals surface area contributed by atoms with Crippen molar-refractivity contribution in [1.29, 1.82) is 0 Å². The lowest BCUT2D eigenvalue weighted by molar-refractivity contribution is 0.0924. The van der Waals surface area contributed by atoms with Gasteiger partial charge in [-0.1, -0.05) is 29.3 Å². The first-order valence-electron chi connectivity index (χ1n) is 7.49. The molecule has 0 spiro atoms. The van der Waals surface area contributed by atoms with Gasteiger partial charge in [0.05, 0.1) is 20.6 Å². The maximum Gasteiger partial charge on any atom is 0.261 e.